The van der Waals surface area contributed by atoms with Crippen molar-refractivity contribution in [2.24, 2.45) is 11.8 Å². The number of carbonyl (C=O) groups is 4. The summed E-state index contributed by atoms with van der Waals surface area (Å²) in [7, 11) is 1.52. The maximum atomic E-state index is 14.1. The third-order valence-electron chi connectivity index (χ3n) is 7.98. The third-order valence-corrected chi connectivity index (χ3v) is 7.98. The number of amides is 2. The summed E-state index contributed by atoms with van der Waals surface area (Å²) in [5.74, 6) is -4.06. The number of rotatable bonds is 3. The van der Waals surface area contributed by atoms with Gasteiger partial charge < -0.3 is 9.47 Å². The number of anilines is 1. The standard InChI is InChI=1S/C31H21NO6/c1-37-19-15-13-18(14-16-19)32-29(35)24-25(30(32)36)31(27(33)22-10-4-5-11-23(22)28(31)34)38-26(24)21-12-6-8-17-7-2-3-9-20(17)21/h2-16,24-26H,1H3/t24-,25-,26-/m1/s1. The van der Waals surface area contributed by atoms with Crippen LogP contribution in [0.15, 0.2) is 91.0 Å². The Labute approximate surface area is 217 Å². The van der Waals surface area contributed by atoms with Gasteiger partial charge in [0.15, 0.2) is 0 Å². The first-order valence-corrected chi connectivity index (χ1v) is 12.3. The van der Waals surface area contributed by atoms with Crippen LogP contribution in [0, 0.1) is 11.8 Å². The van der Waals surface area contributed by atoms with E-state index in [4.69, 9.17) is 9.47 Å². The Morgan fingerprint density at radius 2 is 1.37 bits per heavy atom. The van der Waals surface area contributed by atoms with Crippen LogP contribution in [-0.2, 0) is 14.3 Å². The van der Waals surface area contributed by atoms with Gasteiger partial charge in [-0.3, -0.25) is 19.2 Å². The van der Waals surface area contributed by atoms with Gasteiger partial charge in [0.25, 0.3) is 0 Å². The zero-order valence-electron chi connectivity index (χ0n) is 20.3. The molecule has 0 aromatic heterocycles. The number of ether oxygens (including phenoxy) is 2. The lowest BCUT2D eigenvalue weighted by atomic mass is 9.77. The molecule has 3 aliphatic rings. The highest BCUT2D eigenvalue weighted by Gasteiger charge is 2.74. The monoisotopic (exact) mass is 503 g/mol. The van der Waals surface area contributed by atoms with Crippen molar-refractivity contribution in [3.05, 3.63) is 108 Å². The fourth-order valence-electron chi connectivity index (χ4n) is 6.28. The summed E-state index contributed by atoms with van der Waals surface area (Å²) >= 11 is 0. The van der Waals surface area contributed by atoms with Crippen molar-refractivity contribution in [3.8, 4) is 5.75 Å². The fraction of sp³-hybridized carbons (Fsp3) is 0.161. The first-order valence-electron chi connectivity index (χ1n) is 12.3. The topological polar surface area (TPSA) is 90.0 Å². The minimum atomic E-state index is -2.11. The molecule has 0 unspecified atom stereocenters. The van der Waals surface area contributed by atoms with E-state index in [1.54, 1.807) is 48.5 Å². The Hall–Kier alpha value is -4.62. The van der Waals surface area contributed by atoms with E-state index in [9.17, 15) is 19.2 Å². The lowest BCUT2D eigenvalue weighted by Crippen LogP contribution is -2.51. The molecule has 0 N–H and O–H groups in total. The number of methoxy groups -OCH3 is 1. The number of hydrogen-bond acceptors (Lipinski definition) is 6. The van der Waals surface area contributed by atoms with Gasteiger partial charge in [-0.15, -0.1) is 0 Å². The summed E-state index contributed by atoms with van der Waals surface area (Å²) in [6.45, 7) is 0. The van der Waals surface area contributed by atoms with Crippen molar-refractivity contribution < 1.29 is 28.7 Å². The number of hydrogen-bond donors (Lipinski definition) is 0. The lowest BCUT2D eigenvalue weighted by molar-refractivity contribution is -0.127. The molecule has 38 heavy (non-hydrogen) atoms. The highest BCUT2D eigenvalue weighted by Crippen LogP contribution is 2.58. The number of carbonyl (C=O) groups excluding carboxylic acids is 4. The van der Waals surface area contributed by atoms with E-state index < -0.39 is 46.9 Å². The Bertz CT molecular complexity index is 1650. The van der Waals surface area contributed by atoms with E-state index in [0.717, 1.165) is 15.7 Å². The van der Waals surface area contributed by atoms with Crippen molar-refractivity contribution in [1.82, 2.24) is 0 Å². The smallest absolute Gasteiger partial charge is 0.241 e. The van der Waals surface area contributed by atoms with Crippen molar-refractivity contribution in [2.75, 3.05) is 12.0 Å². The molecule has 2 heterocycles. The minimum Gasteiger partial charge on any atom is -0.497 e. The van der Waals surface area contributed by atoms with Crippen LogP contribution in [0.3, 0.4) is 0 Å². The Morgan fingerprint density at radius 3 is 2.05 bits per heavy atom. The van der Waals surface area contributed by atoms with Crippen molar-refractivity contribution in [2.45, 2.75) is 11.7 Å². The van der Waals surface area contributed by atoms with Crippen LogP contribution in [0.1, 0.15) is 32.4 Å². The molecule has 1 spiro atoms. The predicted molar refractivity (Wildman–Crippen MR) is 138 cm³/mol. The first-order chi connectivity index (χ1) is 18.5. The van der Waals surface area contributed by atoms with Crippen molar-refractivity contribution in [3.63, 3.8) is 0 Å². The predicted octanol–water partition coefficient (Wildman–Crippen LogP) is 4.54. The molecule has 0 radical (unpaired) electrons. The highest BCUT2D eigenvalue weighted by atomic mass is 16.5. The van der Waals surface area contributed by atoms with Gasteiger partial charge in [-0.1, -0.05) is 66.7 Å². The number of imide groups is 1. The summed E-state index contributed by atoms with van der Waals surface area (Å²) in [5.41, 5.74) is -0.693. The minimum absolute atomic E-state index is 0.206. The quantitative estimate of drug-likeness (QED) is 0.301. The molecule has 2 saturated heterocycles. The summed E-state index contributed by atoms with van der Waals surface area (Å²) in [6, 6.07) is 26.2. The molecule has 2 aliphatic heterocycles. The van der Waals surface area contributed by atoms with Crippen LogP contribution >= 0.6 is 0 Å². The normalized spacial score (nSPS) is 23.4. The Kier molecular flexibility index (Phi) is 4.71. The summed E-state index contributed by atoms with van der Waals surface area (Å²) in [4.78, 5) is 57.1. The zero-order valence-corrected chi connectivity index (χ0v) is 20.3. The lowest BCUT2D eigenvalue weighted by Gasteiger charge is -2.27. The molecule has 2 amide bonds. The molecule has 0 bridgehead atoms. The summed E-state index contributed by atoms with van der Waals surface area (Å²) < 4.78 is 11.7. The molecule has 186 valence electrons. The van der Waals surface area contributed by atoms with Crippen LogP contribution in [0.25, 0.3) is 10.8 Å². The van der Waals surface area contributed by atoms with E-state index in [-0.39, 0.29) is 11.1 Å². The summed E-state index contributed by atoms with van der Waals surface area (Å²) in [6.07, 6.45) is -0.979. The highest BCUT2D eigenvalue weighted by molar-refractivity contribution is 6.37. The number of fused-ring (bicyclic) bond motifs is 4. The maximum absolute atomic E-state index is 14.1. The van der Waals surface area contributed by atoms with Gasteiger partial charge in [0.2, 0.25) is 29.0 Å². The molecule has 3 atom stereocenters. The second-order valence-electron chi connectivity index (χ2n) is 9.76. The third kappa shape index (κ3) is 2.76. The van der Waals surface area contributed by atoms with Gasteiger partial charge in [-0.2, -0.15) is 0 Å². The van der Waals surface area contributed by atoms with E-state index >= 15 is 0 Å². The summed E-state index contributed by atoms with van der Waals surface area (Å²) in [5, 5.41) is 1.75. The molecule has 0 saturated carbocycles. The fourth-order valence-corrected chi connectivity index (χ4v) is 6.28. The molecule has 7 rings (SSSR count). The number of ketones is 2. The second-order valence-corrected chi connectivity index (χ2v) is 9.76. The SMILES string of the molecule is COc1ccc(N2C(=O)[C@H]3[C@@H](c4cccc5ccccc45)OC4(C(=O)c5ccccc5C4=O)[C@H]3C2=O)cc1. The van der Waals surface area contributed by atoms with E-state index in [1.165, 1.54) is 7.11 Å². The average Bonchev–Trinajstić information content (AvgIpc) is 3.52. The van der Waals surface area contributed by atoms with Gasteiger partial charge >= 0.3 is 0 Å². The molecule has 7 heteroatoms. The molecular weight excluding hydrogens is 482 g/mol. The molecule has 7 nitrogen and oxygen atoms in total. The van der Waals surface area contributed by atoms with E-state index in [1.807, 2.05) is 42.5 Å². The van der Waals surface area contributed by atoms with Gasteiger partial charge in [0, 0.05) is 11.1 Å². The van der Waals surface area contributed by atoms with Crippen LogP contribution in [-0.4, -0.2) is 36.1 Å². The zero-order chi connectivity index (χ0) is 26.2. The Balaban J connectivity index is 1.44. The van der Waals surface area contributed by atoms with E-state index in [2.05, 4.69) is 0 Å². The second kappa shape index (κ2) is 7.94. The van der Waals surface area contributed by atoms with Crippen LogP contribution in [0.2, 0.25) is 0 Å². The molecule has 2 fully saturated rings. The van der Waals surface area contributed by atoms with Crippen molar-refractivity contribution >= 4 is 39.8 Å². The number of Topliss-reactive ketones (excluding diaryl/α,β-unsaturated/α-hetero) is 2. The van der Waals surface area contributed by atoms with Gasteiger partial charge in [-0.05, 0) is 40.6 Å². The Morgan fingerprint density at radius 1 is 0.737 bits per heavy atom. The largest absolute Gasteiger partial charge is 0.497 e. The molecule has 4 aromatic carbocycles. The molecular formula is C31H21NO6. The molecule has 4 aromatic rings. The van der Waals surface area contributed by atoms with Crippen molar-refractivity contribution in [1.29, 1.82) is 0 Å². The van der Waals surface area contributed by atoms with Crippen LogP contribution < -0.4 is 9.64 Å². The van der Waals surface area contributed by atoms with E-state index in [0.29, 0.717) is 17.0 Å². The van der Waals surface area contributed by atoms with Gasteiger partial charge in [-0.25, -0.2) is 4.90 Å². The first kappa shape index (κ1) is 22.6. The maximum Gasteiger partial charge on any atom is 0.241 e. The van der Waals surface area contributed by atoms with Gasteiger partial charge in [0.1, 0.15) is 5.75 Å². The van der Waals surface area contributed by atoms with Gasteiger partial charge in [0.05, 0.1) is 30.7 Å². The van der Waals surface area contributed by atoms with Crippen LogP contribution in [0.4, 0.5) is 5.69 Å². The average molecular weight is 504 g/mol. The number of nitrogens with zero attached hydrogens (tertiary/aromatic N) is 1. The van der Waals surface area contributed by atoms with Crippen LogP contribution in [0.5, 0.6) is 5.75 Å². The molecule has 1 aliphatic carbocycles. The number of benzene rings is 4.